The molecule has 192 valence electrons. The number of hydrogen-bond acceptors (Lipinski definition) is 6. The lowest BCUT2D eigenvalue weighted by atomic mass is 9.96. The number of carbonyl (C=O) groups is 1. The van der Waals surface area contributed by atoms with Gasteiger partial charge in [0.05, 0.1) is 24.5 Å². The number of hydrogen-bond donors (Lipinski definition) is 2. The monoisotopic (exact) mass is 490 g/mol. The van der Waals surface area contributed by atoms with Gasteiger partial charge in [-0.15, -0.1) is 0 Å². The maximum Gasteiger partial charge on any atom is 0.325 e. The van der Waals surface area contributed by atoms with Gasteiger partial charge in [-0.3, -0.25) is 9.80 Å². The van der Waals surface area contributed by atoms with Crippen LogP contribution in [0.3, 0.4) is 0 Å². The Morgan fingerprint density at radius 3 is 2.39 bits per heavy atom. The summed E-state index contributed by atoms with van der Waals surface area (Å²) in [5.74, 6) is 0.797. The molecule has 1 fully saturated rings. The van der Waals surface area contributed by atoms with E-state index in [4.69, 9.17) is 16.2 Å². The smallest absolute Gasteiger partial charge is 0.325 e. The Bertz CT molecular complexity index is 1130. The van der Waals surface area contributed by atoms with Crippen molar-refractivity contribution >= 4 is 23.1 Å². The van der Waals surface area contributed by atoms with Crippen molar-refractivity contribution in [1.29, 1.82) is 0 Å². The Morgan fingerprint density at radius 1 is 1.03 bits per heavy atom. The maximum absolute atomic E-state index is 13.7. The number of likely N-dealkylation sites (N-methyl/N-ethyl adjacent to an activating group) is 2. The molecule has 4 rings (SSSR count). The highest BCUT2D eigenvalue weighted by Crippen LogP contribution is 2.34. The molecule has 2 aromatic carbocycles. The van der Waals surface area contributed by atoms with Crippen LogP contribution in [0.5, 0.6) is 5.75 Å². The van der Waals surface area contributed by atoms with Gasteiger partial charge in [0, 0.05) is 37.9 Å². The number of rotatable bonds is 9. The summed E-state index contributed by atoms with van der Waals surface area (Å²) >= 11 is 0. The number of anilines is 3. The van der Waals surface area contributed by atoms with Gasteiger partial charge in [-0.1, -0.05) is 30.4 Å². The number of carbonyl (C=O) groups excluding carboxylic acids is 1. The van der Waals surface area contributed by atoms with Crippen molar-refractivity contribution in [3.8, 4) is 5.75 Å². The van der Waals surface area contributed by atoms with Crippen molar-refractivity contribution in [3.63, 3.8) is 0 Å². The summed E-state index contributed by atoms with van der Waals surface area (Å²) < 4.78 is 5.27. The van der Waals surface area contributed by atoms with Gasteiger partial charge in [0.15, 0.2) is 0 Å². The fourth-order valence-corrected chi connectivity index (χ4v) is 4.72. The maximum atomic E-state index is 13.7. The number of methoxy groups -OCH3 is 1. The minimum absolute atomic E-state index is 0.0421. The zero-order chi connectivity index (χ0) is 25.8. The van der Waals surface area contributed by atoms with E-state index in [9.17, 15) is 4.79 Å². The van der Waals surface area contributed by atoms with Gasteiger partial charge in [-0.25, -0.2) is 4.79 Å². The van der Waals surface area contributed by atoms with Crippen LogP contribution < -0.4 is 21.1 Å². The van der Waals surface area contributed by atoms with Gasteiger partial charge in [-0.2, -0.15) is 0 Å². The van der Waals surface area contributed by atoms with Crippen LogP contribution in [0.15, 0.2) is 66.3 Å². The van der Waals surface area contributed by atoms with E-state index in [1.54, 1.807) is 19.2 Å². The van der Waals surface area contributed by atoms with Crippen molar-refractivity contribution in [3.05, 3.63) is 71.8 Å². The highest BCUT2D eigenvalue weighted by Gasteiger charge is 2.40. The summed E-state index contributed by atoms with van der Waals surface area (Å²) in [4.78, 5) is 22.0. The Balaban J connectivity index is 1.56. The Kier molecular flexibility index (Phi) is 7.86. The van der Waals surface area contributed by atoms with E-state index in [1.165, 1.54) is 0 Å². The highest BCUT2D eigenvalue weighted by atomic mass is 16.5. The summed E-state index contributed by atoms with van der Waals surface area (Å²) in [5.41, 5.74) is 16.0. The van der Waals surface area contributed by atoms with Gasteiger partial charge in [0.25, 0.3) is 0 Å². The van der Waals surface area contributed by atoms with Crippen molar-refractivity contribution in [2.24, 2.45) is 0 Å². The normalized spacial score (nSPS) is 19.9. The largest absolute Gasteiger partial charge is 0.497 e. The predicted molar refractivity (Wildman–Crippen MR) is 147 cm³/mol. The number of amides is 2. The average molecular weight is 491 g/mol. The molecular formula is C28H38N6O2. The molecule has 8 nitrogen and oxygen atoms in total. The lowest BCUT2D eigenvalue weighted by Gasteiger charge is -2.30. The first-order valence-electron chi connectivity index (χ1n) is 12.4. The van der Waals surface area contributed by atoms with Crippen molar-refractivity contribution in [2.75, 3.05) is 64.3 Å². The third-order valence-corrected chi connectivity index (χ3v) is 7.02. The van der Waals surface area contributed by atoms with E-state index in [2.05, 4.69) is 49.2 Å². The third kappa shape index (κ3) is 5.66. The summed E-state index contributed by atoms with van der Waals surface area (Å²) in [6, 6.07) is 13.5. The number of benzene rings is 2. The minimum atomic E-state index is -0.108. The van der Waals surface area contributed by atoms with Crippen LogP contribution in [0.1, 0.15) is 12.0 Å². The first kappa shape index (κ1) is 25.6. The first-order chi connectivity index (χ1) is 17.3. The molecule has 1 aliphatic heterocycles. The lowest BCUT2D eigenvalue weighted by molar-refractivity contribution is 0.218. The SMILES string of the molecule is COc1ccc(CN2CC(C3=CCC(N(C)CCN(C)C)C=C3)N(c3ccc(N)c(N)c3)C2=O)cc1. The number of ether oxygens (including phenoxy) is 1. The van der Waals surface area contributed by atoms with Gasteiger partial charge in [0.1, 0.15) is 5.75 Å². The summed E-state index contributed by atoms with van der Waals surface area (Å²) in [7, 11) is 8.00. The molecule has 1 saturated heterocycles. The highest BCUT2D eigenvalue weighted by molar-refractivity contribution is 5.97. The Hall–Kier alpha value is -3.49. The third-order valence-electron chi connectivity index (χ3n) is 7.02. The van der Waals surface area contributed by atoms with Crippen LogP contribution in [-0.2, 0) is 6.54 Å². The molecule has 2 aromatic rings. The molecule has 0 aromatic heterocycles. The van der Waals surface area contributed by atoms with E-state index in [0.29, 0.717) is 30.5 Å². The molecule has 4 N–H and O–H groups in total. The molecule has 2 amide bonds. The molecule has 2 unspecified atom stereocenters. The summed E-state index contributed by atoms with van der Waals surface area (Å²) in [5, 5.41) is 0. The topological polar surface area (TPSA) is 91.3 Å². The van der Waals surface area contributed by atoms with E-state index in [1.807, 2.05) is 40.1 Å². The van der Waals surface area contributed by atoms with Crippen molar-refractivity contribution in [2.45, 2.75) is 25.0 Å². The van der Waals surface area contributed by atoms with Crippen LogP contribution in [0.4, 0.5) is 21.9 Å². The first-order valence-corrected chi connectivity index (χ1v) is 12.4. The Morgan fingerprint density at radius 2 is 1.78 bits per heavy atom. The molecule has 36 heavy (non-hydrogen) atoms. The van der Waals surface area contributed by atoms with Gasteiger partial charge >= 0.3 is 6.03 Å². The molecule has 1 aliphatic carbocycles. The van der Waals surface area contributed by atoms with E-state index in [0.717, 1.165) is 42.1 Å². The van der Waals surface area contributed by atoms with Gasteiger partial charge in [0.2, 0.25) is 0 Å². The van der Waals surface area contributed by atoms with Crippen LogP contribution in [0.2, 0.25) is 0 Å². The molecule has 0 radical (unpaired) electrons. The lowest BCUT2D eigenvalue weighted by Crippen LogP contribution is -2.38. The fourth-order valence-electron chi connectivity index (χ4n) is 4.72. The predicted octanol–water partition coefficient (Wildman–Crippen LogP) is 3.42. The average Bonchev–Trinajstić information content (AvgIpc) is 3.20. The standard InChI is InChI=1S/C28H38N6O2/c1-31(2)15-16-32(3)22-9-7-21(8-10-22)27-19-33(18-20-5-12-24(36-4)13-6-20)28(35)34(27)23-11-14-25(29)26(30)17-23/h5-9,11-14,17,22,27H,10,15-16,18-19,29-30H2,1-4H3. The van der Waals surface area contributed by atoms with Crippen LogP contribution in [-0.4, -0.2) is 80.7 Å². The van der Waals surface area contributed by atoms with E-state index in [-0.39, 0.29) is 12.1 Å². The van der Waals surface area contributed by atoms with E-state index >= 15 is 0 Å². The summed E-state index contributed by atoms with van der Waals surface area (Å²) in [6.45, 7) is 3.13. The summed E-state index contributed by atoms with van der Waals surface area (Å²) in [6.07, 6.45) is 7.63. The molecule has 2 atom stereocenters. The fraction of sp³-hybridized carbons (Fsp3) is 0.393. The molecular weight excluding hydrogens is 452 g/mol. The number of nitrogens with two attached hydrogens (primary N) is 2. The van der Waals surface area contributed by atoms with Gasteiger partial charge in [-0.05, 0) is 69.0 Å². The second kappa shape index (κ2) is 11.1. The van der Waals surface area contributed by atoms with Crippen LogP contribution in [0, 0.1) is 0 Å². The second-order valence-corrected chi connectivity index (χ2v) is 9.86. The Labute approximate surface area is 214 Å². The number of urea groups is 1. The quantitative estimate of drug-likeness (QED) is 0.524. The molecule has 0 bridgehead atoms. The van der Waals surface area contributed by atoms with E-state index < -0.39 is 0 Å². The zero-order valence-corrected chi connectivity index (χ0v) is 21.7. The zero-order valence-electron chi connectivity index (χ0n) is 21.7. The molecule has 1 heterocycles. The number of nitrogens with zero attached hydrogens (tertiary/aromatic N) is 4. The van der Waals surface area contributed by atoms with Crippen molar-refractivity contribution in [1.82, 2.24) is 14.7 Å². The second-order valence-electron chi connectivity index (χ2n) is 9.86. The minimum Gasteiger partial charge on any atom is -0.497 e. The number of nitrogen functional groups attached to an aromatic ring is 2. The van der Waals surface area contributed by atoms with Crippen LogP contribution in [0.25, 0.3) is 0 Å². The molecule has 8 heteroatoms. The van der Waals surface area contributed by atoms with Gasteiger partial charge < -0.3 is 26.0 Å². The molecule has 2 aliphatic rings. The van der Waals surface area contributed by atoms with Crippen LogP contribution >= 0.6 is 0 Å². The molecule has 0 saturated carbocycles. The van der Waals surface area contributed by atoms with Crippen molar-refractivity contribution < 1.29 is 9.53 Å². The molecule has 0 spiro atoms.